The lowest BCUT2D eigenvalue weighted by atomic mass is 9.92. The zero-order valence-corrected chi connectivity index (χ0v) is 11.2. The summed E-state index contributed by atoms with van der Waals surface area (Å²) in [6.45, 7) is 8.29. The molecule has 3 unspecified atom stereocenters. The van der Waals surface area contributed by atoms with Crippen LogP contribution in [0.1, 0.15) is 40.0 Å². The molecule has 2 aliphatic rings. The van der Waals surface area contributed by atoms with Gasteiger partial charge in [0.15, 0.2) is 0 Å². The summed E-state index contributed by atoms with van der Waals surface area (Å²) in [7, 11) is 0. The van der Waals surface area contributed by atoms with Crippen molar-refractivity contribution in [2.45, 2.75) is 58.2 Å². The van der Waals surface area contributed by atoms with Crippen LogP contribution < -0.4 is 16.0 Å². The number of nitrogens with one attached hydrogen (secondary N) is 3. The van der Waals surface area contributed by atoms with E-state index in [9.17, 15) is 4.79 Å². The van der Waals surface area contributed by atoms with Crippen LogP contribution >= 0.6 is 0 Å². The Labute approximate surface area is 104 Å². The molecule has 1 aliphatic heterocycles. The van der Waals surface area contributed by atoms with E-state index in [1.807, 2.05) is 0 Å². The summed E-state index contributed by atoms with van der Waals surface area (Å²) in [6.07, 6.45) is 3.44. The number of piperazine rings is 1. The molecule has 0 aromatic carbocycles. The van der Waals surface area contributed by atoms with Crippen LogP contribution in [0.4, 0.5) is 0 Å². The maximum atomic E-state index is 12.1. The summed E-state index contributed by atoms with van der Waals surface area (Å²) >= 11 is 0. The molecule has 1 saturated heterocycles. The monoisotopic (exact) mass is 239 g/mol. The Hall–Kier alpha value is -0.610. The average molecular weight is 239 g/mol. The SMILES string of the molecule is CC1CNC(C(=O)NC2CCC(C)(C)C2)CN1. The molecule has 0 radical (unpaired) electrons. The van der Waals surface area contributed by atoms with Crippen LogP contribution in [0.15, 0.2) is 0 Å². The Morgan fingerprint density at radius 3 is 2.59 bits per heavy atom. The van der Waals surface area contributed by atoms with E-state index < -0.39 is 0 Å². The van der Waals surface area contributed by atoms with Crippen molar-refractivity contribution in [2.75, 3.05) is 13.1 Å². The third-order valence-electron chi connectivity index (χ3n) is 3.97. The fraction of sp³-hybridized carbons (Fsp3) is 0.923. The minimum atomic E-state index is -0.0603. The Bertz CT molecular complexity index is 282. The van der Waals surface area contributed by atoms with Gasteiger partial charge in [0.1, 0.15) is 0 Å². The topological polar surface area (TPSA) is 53.2 Å². The Morgan fingerprint density at radius 1 is 1.29 bits per heavy atom. The van der Waals surface area contributed by atoms with Gasteiger partial charge < -0.3 is 16.0 Å². The van der Waals surface area contributed by atoms with Crippen LogP contribution in [0.2, 0.25) is 0 Å². The van der Waals surface area contributed by atoms with Gasteiger partial charge in [-0.15, -0.1) is 0 Å². The predicted octanol–water partition coefficient (Wildman–Crippen LogP) is 0.631. The van der Waals surface area contributed by atoms with Crippen molar-refractivity contribution in [1.29, 1.82) is 0 Å². The van der Waals surface area contributed by atoms with E-state index in [2.05, 4.69) is 36.7 Å². The van der Waals surface area contributed by atoms with Crippen molar-refractivity contribution < 1.29 is 4.79 Å². The molecule has 98 valence electrons. The van der Waals surface area contributed by atoms with Gasteiger partial charge in [-0.2, -0.15) is 0 Å². The van der Waals surface area contributed by atoms with Crippen molar-refractivity contribution in [3.8, 4) is 0 Å². The number of amides is 1. The zero-order chi connectivity index (χ0) is 12.5. The number of hydrogen-bond donors (Lipinski definition) is 3. The molecular formula is C13H25N3O. The molecule has 2 rings (SSSR count). The van der Waals surface area contributed by atoms with Gasteiger partial charge in [0, 0.05) is 25.2 Å². The van der Waals surface area contributed by atoms with Crippen LogP contribution in [0.3, 0.4) is 0 Å². The van der Waals surface area contributed by atoms with Crippen LogP contribution in [-0.4, -0.2) is 37.1 Å². The largest absolute Gasteiger partial charge is 0.352 e. The Kier molecular flexibility index (Phi) is 3.73. The van der Waals surface area contributed by atoms with Crippen LogP contribution in [0.25, 0.3) is 0 Å². The fourth-order valence-corrected chi connectivity index (χ4v) is 2.83. The molecule has 3 atom stereocenters. The highest BCUT2D eigenvalue weighted by molar-refractivity contribution is 5.82. The van der Waals surface area contributed by atoms with Crippen molar-refractivity contribution in [3.05, 3.63) is 0 Å². The maximum absolute atomic E-state index is 12.1. The summed E-state index contributed by atoms with van der Waals surface area (Å²) in [5.41, 5.74) is 0.394. The van der Waals surface area contributed by atoms with E-state index in [1.165, 1.54) is 6.42 Å². The van der Waals surface area contributed by atoms with E-state index in [1.54, 1.807) is 0 Å². The summed E-state index contributed by atoms with van der Waals surface area (Å²) in [5, 5.41) is 9.80. The first-order chi connectivity index (χ1) is 7.96. The normalized spacial score (nSPS) is 36.8. The molecule has 2 fully saturated rings. The molecule has 0 spiro atoms. The second-order valence-corrected chi connectivity index (χ2v) is 6.38. The average Bonchev–Trinajstić information content (AvgIpc) is 2.59. The van der Waals surface area contributed by atoms with Gasteiger partial charge in [0.25, 0.3) is 0 Å². The number of carbonyl (C=O) groups excluding carboxylic acids is 1. The van der Waals surface area contributed by atoms with Crippen LogP contribution in [0, 0.1) is 5.41 Å². The van der Waals surface area contributed by atoms with Crippen molar-refractivity contribution in [2.24, 2.45) is 5.41 Å². The standard InChI is InChI=1S/C13H25N3O/c1-9-7-15-11(8-14-9)12(17)16-10-4-5-13(2,3)6-10/h9-11,14-15H,4-8H2,1-3H3,(H,16,17). The van der Waals surface area contributed by atoms with Gasteiger partial charge in [-0.3, -0.25) is 4.79 Å². The highest BCUT2D eigenvalue weighted by Crippen LogP contribution is 2.36. The second-order valence-electron chi connectivity index (χ2n) is 6.38. The summed E-state index contributed by atoms with van der Waals surface area (Å²) in [5.74, 6) is 0.159. The van der Waals surface area contributed by atoms with Gasteiger partial charge in [0.05, 0.1) is 6.04 Å². The lowest BCUT2D eigenvalue weighted by molar-refractivity contribution is -0.124. The van der Waals surface area contributed by atoms with E-state index in [-0.39, 0.29) is 11.9 Å². The van der Waals surface area contributed by atoms with Gasteiger partial charge in [0.2, 0.25) is 5.91 Å². The molecule has 1 amide bonds. The first kappa shape index (κ1) is 12.8. The first-order valence-electron chi connectivity index (χ1n) is 6.73. The summed E-state index contributed by atoms with van der Waals surface area (Å²) < 4.78 is 0. The molecule has 4 nitrogen and oxygen atoms in total. The molecule has 0 aromatic heterocycles. The van der Waals surface area contributed by atoms with Crippen LogP contribution in [-0.2, 0) is 4.79 Å². The number of carbonyl (C=O) groups is 1. The second kappa shape index (κ2) is 4.94. The predicted molar refractivity (Wildman–Crippen MR) is 68.8 cm³/mol. The molecule has 17 heavy (non-hydrogen) atoms. The maximum Gasteiger partial charge on any atom is 0.238 e. The van der Waals surface area contributed by atoms with Crippen LogP contribution in [0.5, 0.6) is 0 Å². The first-order valence-corrected chi connectivity index (χ1v) is 6.73. The third kappa shape index (κ3) is 3.42. The minimum absolute atomic E-state index is 0.0603. The van der Waals surface area contributed by atoms with E-state index in [0.29, 0.717) is 17.5 Å². The van der Waals surface area contributed by atoms with Gasteiger partial charge in [-0.1, -0.05) is 13.8 Å². The molecule has 0 bridgehead atoms. The smallest absolute Gasteiger partial charge is 0.238 e. The van der Waals surface area contributed by atoms with Crippen molar-refractivity contribution in [1.82, 2.24) is 16.0 Å². The Balaban J connectivity index is 1.78. The summed E-state index contributed by atoms with van der Waals surface area (Å²) in [6, 6.07) is 0.776. The van der Waals surface area contributed by atoms with E-state index >= 15 is 0 Å². The number of hydrogen-bond acceptors (Lipinski definition) is 3. The molecule has 3 N–H and O–H groups in total. The van der Waals surface area contributed by atoms with Crippen molar-refractivity contribution >= 4 is 5.91 Å². The highest BCUT2D eigenvalue weighted by Gasteiger charge is 2.33. The van der Waals surface area contributed by atoms with Crippen molar-refractivity contribution in [3.63, 3.8) is 0 Å². The molecule has 0 aromatic rings. The number of rotatable bonds is 2. The molecule has 1 saturated carbocycles. The van der Waals surface area contributed by atoms with E-state index in [0.717, 1.165) is 25.9 Å². The highest BCUT2D eigenvalue weighted by atomic mass is 16.2. The molecule has 4 heteroatoms. The Morgan fingerprint density at radius 2 is 2.06 bits per heavy atom. The quantitative estimate of drug-likeness (QED) is 0.662. The van der Waals surface area contributed by atoms with Gasteiger partial charge in [-0.05, 0) is 31.6 Å². The molecular weight excluding hydrogens is 214 g/mol. The lowest BCUT2D eigenvalue weighted by Gasteiger charge is -2.29. The van der Waals surface area contributed by atoms with E-state index in [4.69, 9.17) is 0 Å². The lowest BCUT2D eigenvalue weighted by Crippen LogP contribution is -2.59. The third-order valence-corrected chi connectivity index (χ3v) is 3.97. The van der Waals surface area contributed by atoms with Gasteiger partial charge >= 0.3 is 0 Å². The zero-order valence-electron chi connectivity index (χ0n) is 11.2. The van der Waals surface area contributed by atoms with Gasteiger partial charge in [-0.25, -0.2) is 0 Å². The fourth-order valence-electron chi connectivity index (χ4n) is 2.83. The molecule has 1 heterocycles. The summed E-state index contributed by atoms with van der Waals surface area (Å²) in [4.78, 5) is 12.1. The molecule has 1 aliphatic carbocycles. The minimum Gasteiger partial charge on any atom is -0.352 e.